The van der Waals surface area contributed by atoms with E-state index in [0.29, 0.717) is 22.6 Å². The van der Waals surface area contributed by atoms with Crippen LogP contribution in [0.5, 0.6) is 0 Å². The normalized spacial score (nSPS) is 15.0. The molecule has 3 aromatic rings. The molecule has 0 radical (unpaired) electrons. The Hall–Kier alpha value is -3.48. The average molecular weight is 304 g/mol. The van der Waals surface area contributed by atoms with Gasteiger partial charge in [0, 0.05) is 40.7 Å². The maximum atomic E-state index is 12.2. The summed E-state index contributed by atoms with van der Waals surface area (Å²) in [5, 5.41) is 11.2. The van der Waals surface area contributed by atoms with Crippen LogP contribution in [0.15, 0.2) is 36.8 Å². The van der Waals surface area contributed by atoms with Crippen molar-refractivity contribution in [3.05, 3.63) is 53.5 Å². The van der Waals surface area contributed by atoms with Gasteiger partial charge in [-0.2, -0.15) is 0 Å². The van der Waals surface area contributed by atoms with Crippen LogP contribution in [0.2, 0.25) is 0 Å². The fourth-order valence-electron chi connectivity index (χ4n) is 2.74. The smallest absolute Gasteiger partial charge is 0.257 e. The van der Waals surface area contributed by atoms with Crippen molar-refractivity contribution in [1.82, 2.24) is 15.0 Å². The number of hydrogen-bond acceptors (Lipinski definition) is 4. The Labute approximate surface area is 130 Å². The Morgan fingerprint density at radius 1 is 1.26 bits per heavy atom. The van der Waals surface area contributed by atoms with Gasteiger partial charge in [-0.1, -0.05) is 0 Å². The van der Waals surface area contributed by atoms with E-state index in [4.69, 9.17) is 11.1 Å². The Morgan fingerprint density at radius 2 is 2.13 bits per heavy atom. The molecule has 0 saturated heterocycles. The number of nitrogen functional groups attached to an aromatic ring is 1. The summed E-state index contributed by atoms with van der Waals surface area (Å²) in [6.45, 7) is 0. The number of H-pyrrole nitrogens is 1. The zero-order valence-corrected chi connectivity index (χ0v) is 11.9. The molecule has 4 heterocycles. The predicted molar refractivity (Wildman–Crippen MR) is 87.8 cm³/mol. The van der Waals surface area contributed by atoms with Crippen LogP contribution in [0.4, 0.5) is 5.82 Å². The molecule has 5 N–H and O–H groups in total. The molecule has 4 rings (SSSR count). The number of carbonyl (C=O) groups is 1. The highest BCUT2D eigenvalue weighted by molar-refractivity contribution is 6.35. The van der Waals surface area contributed by atoms with Crippen molar-refractivity contribution >= 4 is 40.2 Å². The molecule has 112 valence electrons. The summed E-state index contributed by atoms with van der Waals surface area (Å²) in [5.74, 6) is 0.296. The van der Waals surface area contributed by atoms with Gasteiger partial charge in [-0.25, -0.2) is 9.97 Å². The van der Waals surface area contributed by atoms with Crippen molar-refractivity contribution in [2.75, 3.05) is 5.32 Å². The van der Waals surface area contributed by atoms with E-state index in [2.05, 4.69) is 20.3 Å². The van der Waals surface area contributed by atoms with Crippen LogP contribution in [-0.2, 0) is 4.79 Å². The fourth-order valence-corrected chi connectivity index (χ4v) is 2.74. The van der Waals surface area contributed by atoms with Crippen LogP contribution in [0.3, 0.4) is 0 Å². The molecular formula is C16H12N6O. The van der Waals surface area contributed by atoms with Gasteiger partial charge in [-0.05, 0) is 24.3 Å². The molecule has 1 amide bonds. The molecule has 7 nitrogen and oxygen atoms in total. The summed E-state index contributed by atoms with van der Waals surface area (Å²) >= 11 is 0. The van der Waals surface area contributed by atoms with Crippen molar-refractivity contribution in [3.8, 4) is 0 Å². The Bertz CT molecular complexity index is 1000. The topological polar surface area (TPSA) is 121 Å². The van der Waals surface area contributed by atoms with Gasteiger partial charge in [0.15, 0.2) is 0 Å². The largest absolute Gasteiger partial charge is 0.384 e. The molecule has 23 heavy (non-hydrogen) atoms. The second-order valence-electron chi connectivity index (χ2n) is 5.15. The van der Waals surface area contributed by atoms with Gasteiger partial charge in [0.25, 0.3) is 5.91 Å². The van der Waals surface area contributed by atoms with Crippen molar-refractivity contribution in [2.24, 2.45) is 5.73 Å². The highest BCUT2D eigenvalue weighted by atomic mass is 16.2. The van der Waals surface area contributed by atoms with E-state index in [0.717, 1.165) is 16.5 Å². The molecule has 7 heteroatoms. The summed E-state index contributed by atoms with van der Waals surface area (Å²) in [5.41, 5.74) is 8.87. The van der Waals surface area contributed by atoms with Gasteiger partial charge < -0.3 is 16.0 Å². The third-order valence-corrected chi connectivity index (χ3v) is 3.77. The lowest BCUT2D eigenvalue weighted by Crippen LogP contribution is -2.11. The number of fused-ring (bicyclic) bond motifs is 2. The number of carbonyl (C=O) groups excluding carboxylic acids is 1. The molecular weight excluding hydrogens is 292 g/mol. The van der Waals surface area contributed by atoms with Crippen LogP contribution in [0.25, 0.3) is 22.7 Å². The second kappa shape index (κ2) is 4.77. The first-order valence-corrected chi connectivity index (χ1v) is 6.94. The zero-order valence-electron chi connectivity index (χ0n) is 11.9. The van der Waals surface area contributed by atoms with Crippen molar-refractivity contribution in [2.45, 2.75) is 0 Å². The third-order valence-electron chi connectivity index (χ3n) is 3.77. The maximum absolute atomic E-state index is 12.2. The molecule has 1 aliphatic heterocycles. The lowest BCUT2D eigenvalue weighted by Gasteiger charge is -2.02. The Kier molecular flexibility index (Phi) is 2.74. The summed E-state index contributed by atoms with van der Waals surface area (Å²) in [6.07, 6.45) is 6.73. The van der Waals surface area contributed by atoms with Crippen molar-refractivity contribution in [3.63, 3.8) is 0 Å². The Morgan fingerprint density at radius 3 is 2.96 bits per heavy atom. The number of amidine groups is 1. The maximum Gasteiger partial charge on any atom is 0.257 e. The number of nitrogens with one attached hydrogen (secondary N) is 3. The first-order chi connectivity index (χ1) is 11.1. The average Bonchev–Trinajstić information content (AvgIpc) is 3.09. The van der Waals surface area contributed by atoms with Crippen molar-refractivity contribution in [1.29, 1.82) is 5.41 Å². The van der Waals surface area contributed by atoms with Crippen LogP contribution in [0.1, 0.15) is 16.7 Å². The quantitative estimate of drug-likeness (QED) is 0.327. The molecule has 0 unspecified atom stereocenters. The minimum atomic E-state index is -0.207. The van der Waals surface area contributed by atoms with E-state index in [-0.39, 0.29) is 11.7 Å². The number of rotatable bonds is 2. The van der Waals surface area contributed by atoms with Crippen molar-refractivity contribution < 1.29 is 4.79 Å². The van der Waals surface area contributed by atoms with Gasteiger partial charge in [0.05, 0.1) is 5.57 Å². The predicted octanol–water partition coefficient (Wildman–Crippen LogP) is 1.73. The van der Waals surface area contributed by atoms with E-state index in [9.17, 15) is 4.79 Å². The number of aromatic amines is 1. The summed E-state index contributed by atoms with van der Waals surface area (Å²) in [7, 11) is 0. The molecule has 0 saturated carbocycles. The van der Waals surface area contributed by atoms with Gasteiger partial charge in [-0.15, -0.1) is 0 Å². The number of nitrogens with zero attached hydrogens (tertiary/aromatic N) is 2. The molecule has 0 bridgehead atoms. The SMILES string of the molecule is N=C(N)c1ccnc2[nH]cc(C=C3C(=O)Nc4ncccc43)c12. The van der Waals surface area contributed by atoms with E-state index >= 15 is 0 Å². The van der Waals surface area contributed by atoms with Gasteiger partial charge in [-0.3, -0.25) is 10.2 Å². The highest BCUT2D eigenvalue weighted by Crippen LogP contribution is 2.32. The Balaban J connectivity index is 1.95. The number of amides is 1. The standard InChI is InChI=1S/C16H12N6O/c17-13(18)10-3-5-20-15-12(10)8(7-21-15)6-11-9-2-1-4-19-14(9)22-16(11)23/h1-7H,(H3,17,18)(H,20,21)(H,19,22,23). The van der Waals surface area contributed by atoms with E-state index < -0.39 is 0 Å². The van der Waals surface area contributed by atoms with Gasteiger partial charge >= 0.3 is 0 Å². The lowest BCUT2D eigenvalue weighted by atomic mass is 10.0. The van der Waals surface area contributed by atoms with Crippen LogP contribution in [0, 0.1) is 5.41 Å². The molecule has 0 aliphatic carbocycles. The molecule has 1 aliphatic rings. The number of pyridine rings is 2. The number of hydrogen-bond donors (Lipinski definition) is 4. The second-order valence-corrected chi connectivity index (χ2v) is 5.15. The zero-order chi connectivity index (χ0) is 16.0. The highest BCUT2D eigenvalue weighted by Gasteiger charge is 2.25. The van der Waals surface area contributed by atoms with Crippen LogP contribution >= 0.6 is 0 Å². The van der Waals surface area contributed by atoms with Crippen LogP contribution < -0.4 is 11.1 Å². The lowest BCUT2D eigenvalue weighted by molar-refractivity contribution is -0.110. The summed E-state index contributed by atoms with van der Waals surface area (Å²) in [6, 6.07) is 5.31. The summed E-state index contributed by atoms with van der Waals surface area (Å²) in [4.78, 5) is 23.6. The number of aromatic nitrogens is 3. The van der Waals surface area contributed by atoms with Gasteiger partial charge in [0.1, 0.15) is 17.3 Å². The monoisotopic (exact) mass is 304 g/mol. The molecule has 0 aromatic carbocycles. The number of anilines is 1. The first-order valence-electron chi connectivity index (χ1n) is 6.94. The fraction of sp³-hybridized carbons (Fsp3) is 0. The molecule has 0 atom stereocenters. The summed E-state index contributed by atoms with van der Waals surface area (Å²) < 4.78 is 0. The minimum Gasteiger partial charge on any atom is -0.384 e. The van der Waals surface area contributed by atoms with Crippen LogP contribution in [-0.4, -0.2) is 26.7 Å². The molecule has 0 spiro atoms. The minimum absolute atomic E-state index is 0.0467. The molecule has 3 aromatic heterocycles. The van der Waals surface area contributed by atoms with E-state index in [1.807, 2.05) is 6.07 Å². The van der Waals surface area contributed by atoms with Gasteiger partial charge in [0.2, 0.25) is 0 Å². The van der Waals surface area contributed by atoms with E-state index in [1.165, 1.54) is 0 Å². The first kappa shape index (κ1) is 13.2. The molecule has 0 fully saturated rings. The number of nitrogens with two attached hydrogens (primary N) is 1. The third kappa shape index (κ3) is 1.98. The van der Waals surface area contributed by atoms with E-state index in [1.54, 1.807) is 36.8 Å².